The van der Waals surface area contributed by atoms with Gasteiger partial charge in [0.25, 0.3) is 5.56 Å². The second kappa shape index (κ2) is 9.53. The molecule has 35 heavy (non-hydrogen) atoms. The second-order valence-corrected chi connectivity index (χ2v) is 9.56. The maximum Gasteiger partial charge on any atom is 0.332 e. The average molecular weight is 539 g/mol. The number of aromatic nitrogens is 2. The second-order valence-electron chi connectivity index (χ2n) is 8.64. The standard InChI is InChI=1S/C25H23BrN4O5/c26-15-6-5-9-17(12-15)28-20(31)13-29-22-18-10-3-4-11-19(18)35-23(22)24(33)30(25(29)34)14-21(32)27-16-7-1-2-8-16/h3-6,9-12,16H,1-2,7-8,13-14H2,(H,27,32)(H,28,31). The summed E-state index contributed by atoms with van der Waals surface area (Å²) in [5, 5.41) is 6.19. The van der Waals surface area contributed by atoms with Crippen molar-refractivity contribution in [1.82, 2.24) is 14.5 Å². The maximum atomic E-state index is 13.5. The number of para-hydroxylation sites is 1. The minimum absolute atomic E-state index is 0.0475. The third-order valence-corrected chi connectivity index (χ3v) is 6.67. The quantitative estimate of drug-likeness (QED) is 0.390. The van der Waals surface area contributed by atoms with Crippen LogP contribution in [0.5, 0.6) is 0 Å². The van der Waals surface area contributed by atoms with Crippen LogP contribution in [-0.4, -0.2) is 27.0 Å². The van der Waals surface area contributed by atoms with E-state index in [9.17, 15) is 19.2 Å². The first kappa shape index (κ1) is 23.1. The van der Waals surface area contributed by atoms with Gasteiger partial charge in [0.05, 0.1) is 0 Å². The molecular formula is C25H23BrN4O5. The maximum absolute atomic E-state index is 13.5. The fourth-order valence-corrected chi connectivity index (χ4v) is 4.98. The molecule has 0 radical (unpaired) electrons. The van der Waals surface area contributed by atoms with Crippen molar-refractivity contribution in [3.63, 3.8) is 0 Å². The molecule has 0 bridgehead atoms. The number of carbonyl (C=O) groups is 2. The van der Waals surface area contributed by atoms with E-state index in [2.05, 4.69) is 26.6 Å². The van der Waals surface area contributed by atoms with Crippen LogP contribution >= 0.6 is 15.9 Å². The predicted octanol–water partition coefficient (Wildman–Crippen LogP) is 3.37. The summed E-state index contributed by atoms with van der Waals surface area (Å²) in [4.78, 5) is 52.3. The smallest absolute Gasteiger partial charge is 0.332 e. The van der Waals surface area contributed by atoms with Gasteiger partial charge in [-0.05, 0) is 43.2 Å². The molecule has 4 aromatic rings. The number of amides is 2. The average Bonchev–Trinajstić information content (AvgIpc) is 3.47. The molecule has 10 heteroatoms. The zero-order valence-electron chi connectivity index (χ0n) is 18.8. The lowest BCUT2D eigenvalue weighted by atomic mass is 10.2. The summed E-state index contributed by atoms with van der Waals surface area (Å²) in [6, 6.07) is 14.0. The van der Waals surface area contributed by atoms with Gasteiger partial charge in [-0.25, -0.2) is 9.36 Å². The van der Waals surface area contributed by atoms with Gasteiger partial charge in [-0.3, -0.25) is 19.0 Å². The molecule has 2 amide bonds. The highest BCUT2D eigenvalue weighted by Gasteiger charge is 2.24. The zero-order chi connectivity index (χ0) is 24.5. The lowest BCUT2D eigenvalue weighted by Gasteiger charge is -2.14. The Labute approximate surface area is 207 Å². The van der Waals surface area contributed by atoms with Crippen LogP contribution in [0.4, 0.5) is 5.69 Å². The Hall–Kier alpha value is -3.66. The topological polar surface area (TPSA) is 115 Å². The monoisotopic (exact) mass is 538 g/mol. The molecule has 0 unspecified atom stereocenters. The van der Waals surface area contributed by atoms with E-state index in [1.54, 1.807) is 42.5 Å². The highest BCUT2D eigenvalue weighted by Crippen LogP contribution is 2.25. The van der Waals surface area contributed by atoms with Crippen molar-refractivity contribution in [2.75, 3.05) is 5.32 Å². The lowest BCUT2D eigenvalue weighted by Crippen LogP contribution is -2.46. The normalized spacial score (nSPS) is 14.0. The molecule has 1 fully saturated rings. The van der Waals surface area contributed by atoms with Gasteiger partial charge in [0.2, 0.25) is 17.4 Å². The molecule has 9 nitrogen and oxygen atoms in total. The Kier molecular flexibility index (Phi) is 6.29. The summed E-state index contributed by atoms with van der Waals surface area (Å²) in [5.41, 5.74) is -0.336. The fraction of sp³-hybridized carbons (Fsp3) is 0.280. The number of nitrogens with zero attached hydrogens (tertiary/aromatic N) is 2. The molecule has 2 heterocycles. The van der Waals surface area contributed by atoms with Gasteiger partial charge in [-0.15, -0.1) is 0 Å². The van der Waals surface area contributed by atoms with E-state index in [4.69, 9.17) is 4.42 Å². The van der Waals surface area contributed by atoms with E-state index >= 15 is 0 Å². The number of anilines is 1. The van der Waals surface area contributed by atoms with Crippen molar-refractivity contribution in [1.29, 1.82) is 0 Å². The van der Waals surface area contributed by atoms with Crippen LogP contribution in [0.25, 0.3) is 22.1 Å². The van der Waals surface area contributed by atoms with Gasteiger partial charge in [-0.1, -0.05) is 47.0 Å². The third kappa shape index (κ3) is 4.66. The van der Waals surface area contributed by atoms with Gasteiger partial charge in [0.1, 0.15) is 24.2 Å². The first-order valence-electron chi connectivity index (χ1n) is 11.4. The van der Waals surface area contributed by atoms with Gasteiger partial charge >= 0.3 is 5.69 Å². The number of rotatable bonds is 6. The Balaban J connectivity index is 1.56. The molecule has 2 aromatic heterocycles. The van der Waals surface area contributed by atoms with Crippen LogP contribution in [0, 0.1) is 0 Å². The van der Waals surface area contributed by atoms with E-state index < -0.39 is 29.6 Å². The molecule has 2 N–H and O–H groups in total. The van der Waals surface area contributed by atoms with Crippen molar-refractivity contribution in [3.05, 3.63) is 73.8 Å². The summed E-state index contributed by atoms with van der Waals surface area (Å²) in [5.74, 6) is -0.880. The predicted molar refractivity (Wildman–Crippen MR) is 135 cm³/mol. The summed E-state index contributed by atoms with van der Waals surface area (Å²) in [7, 11) is 0. The largest absolute Gasteiger partial charge is 0.449 e. The summed E-state index contributed by atoms with van der Waals surface area (Å²) in [6.45, 7) is -0.815. The first-order chi connectivity index (χ1) is 16.9. The Morgan fingerprint density at radius 3 is 2.49 bits per heavy atom. The molecule has 2 aromatic carbocycles. The lowest BCUT2D eigenvalue weighted by molar-refractivity contribution is -0.122. The molecule has 1 aliphatic rings. The molecule has 5 rings (SSSR count). The van der Waals surface area contributed by atoms with Gasteiger partial charge in [-0.2, -0.15) is 0 Å². The first-order valence-corrected chi connectivity index (χ1v) is 12.2. The molecule has 0 aliphatic heterocycles. The van der Waals surface area contributed by atoms with Crippen LogP contribution in [0.1, 0.15) is 25.7 Å². The summed E-state index contributed by atoms with van der Waals surface area (Å²) >= 11 is 3.36. The van der Waals surface area contributed by atoms with Gasteiger partial charge in [0.15, 0.2) is 0 Å². The zero-order valence-corrected chi connectivity index (χ0v) is 20.3. The van der Waals surface area contributed by atoms with Crippen molar-refractivity contribution < 1.29 is 14.0 Å². The van der Waals surface area contributed by atoms with Crippen LogP contribution < -0.4 is 21.9 Å². The Bertz CT molecular complexity index is 1560. The van der Waals surface area contributed by atoms with Gasteiger partial charge in [0, 0.05) is 21.6 Å². The molecule has 0 atom stereocenters. The number of benzene rings is 2. The van der Waals surface area contributed by atoms with E-state index in [1.165, 1.54) is 4.57 Å². The number of halogens is 1. The number of furan rings is 1. The minimum atomic E-state index is -0.750. The van der Waals surface area contributed by atoms with Crippen molar-refractivity contribution in [3.8, 4) is 0 Å². The summed E-state index contributed by atoms with van der Waals surface area (Å²) in [6.07, 6.45) is 3.83. The van der Waals surface area contributed by atoms with Crippen molar-refractivity contribution in [2.24, 2.45) is 0 Å². The molecule has 0 spiro atoms. The highest BCUT2D eigenvalue weighted by atomic mass is 79.9. The Morgan fingerprint density at radius 2 is 1.71 bits per heavy atom. The molecular weight excluding hydrogens is 516 g/mol. The van der Waals surface area contributed by atoms with Crippen LogP contribution in [0.2, 0.25) is 0 Å². The number of nitrogens with one attached hydrogen (secondary N) is 2. The van der Waals surface area contributed by atoms with E-state index in [-0.39, 0.29) is 23.7 Å². The fourth-order valence-electron chi connectivity index (χ4n) is 4.58. The SMILES string of the molecule is O=C(Cn1c(=O)n(CC(=O)NC2CCCC2)c(=O)c2oc3ccccc3c21)Nc1cccc(Br)c1. The highest BCUT2D eigenvalue weighted by molar-refractivity contribution is 9.10. The van der Waals surface area contributed by atoms with E-state index in [1.807, 2.05) is 6.07 Å². The molecule has 1 aliphatic carbocycles. The third-order valence-electron chi connectivity index (χ3n) is 6.17. The number of hydrogen-bond acceptors (Lipinski definition) is 5. The minimum Gasteiger partial charge on any atom is -0.449 e. The molecule has 1 saturated carbocycles. The van der Waals surface area contributed by atoms with Crippen molar-refractivity contribution >= 4 is 55.5 Å². The van der Waals surface area contributed by atoms with Crippen molar-refractivity contribution in [2.45, 2.75) is 44.8 Å². The van der Waals surface area contributed by atoms with Crippen LogP contribution in [0.3, 0.4) is 0 Å². The Morgan fingerprint density at radius 1 is 0.971 bits per heavy atom. The summed E-state index contributed by atoms with van der Waals surface area (Å²) < 4.78 is 8.60. The molecule has 180 valence electrons. The van der Waals surface area contributed by atoms with E-state index in [0.717, 1.165) is 34.7 Å². The van der Waals surface area contributed by atoms with Gasteiger partial charge < -0.3 is 15.1 Å². The molecule has 0 saturated heterocycles. The van der Waals surface area contributed by atoms with Crippen LogP contribution in [0.15, 0.2) is 67.0 Å². The number of carbonyl (C=O) groups excluding carboxylic acids is 2. The van der Waals surface area contributed by atoms with Crippen LogP contribution in [-0.2, 0) is 22.7 Å². The number of fused-ring (bicyclic) bond motifs is 3. The number of hydrogen-bond donors (Lipinski definition) is 2. The van der Waals surface area contributed by atoms with E-state index in [0.29, 0.717) is 16.7 Å².